The van der Waals surface area contributed by atoms with Gasteiger partial charge in [0, 0.05) is 18.5 Å². The number of nitro groups is 1. The van der Waals surface area contributed by atoms with E-state index in [2.05, 4.69) is 29.5 Å². The summed E-state index contributed by atoms with van der Waals surface area (Å²) in [6.07, 6.45) is 1.59. The van der Waals surface area contributed by atoms with Crippen LogP contribution >= 0.6 is 11.3 Å². The number of nitrogens with one attached hydrogen (secondary N) is 3. The lowest BCUT2D eigenvalue weighted by Gasteiger charge is -2.18. The first-order chi connectivity index (χ1) is 12.8. The van der Waals surface area contributed by atoms with Crippen molar-refractivity contribution in [2.24, 2.45) is 16.6 Å². The van der Waals surface area contributed by atoms with Crippen molar-refractivity contribution in [1.82, 2.24) is 16.1 Å². The summed E-state index contributed by atoms with van der Waals surface area (Å²) in [5.41, 5.74) is 7.58. The van der Waals surface area contributed by atoms with E-state index in [1.807, 2.05) is 0 Å². The third-order valence-electron chi connectivity index (χ3n) is 3.56. The maximum Gasteiger partial charge on any atom is 0.252 e. The van der Waals surface area contributed by atoms with Crippen LogP contribution in [0.25, 0.3) is 0 Å². The lowest BCUT2D eigenvalue weighted by molar-refractivity contribution is -0.525. The van der Waals surface area contributed by atoms with Gasteiger partial charge in [0.05, 0.1) is 5.56 Å². The second kappa shape index (κ2) is 11.8. The SMILES string of the molecule is CC(C)CCNC(=O)[C@H](CCCN=C(N)N[N+](=O)[O-])NC(=O)c1ccsc1. The highest BCUT2D eigenvalue weighted by Gasteiger charge is 2.21. The van der Waals surface area contributed by atoms with Crippen LogP contribution in [0.1, 0.15) is 43.5 Å². The molecule has 0 fully saturated rings. The van der Waals surface area contributed by atoms with Crippen molar-refractivity contribution < 1.29 is 14.6 Å². The zero-order chi connectivity index (χ0) is 20.2. The molecule has 0 aromatic carbocycles. The molecule has 150 valence electrons. The molecule has 0 saturated heterocycles. The summed E-state index contributed by atoms with van der Waals surface area (Å²) < 4.78 is 0. The second-order valence-corrected chi connectivity index (χ2v) is 7.07. The molecule has 0 aliphatic carbocycles. The Morgan fingerprint density at radius 3 is 2.70 bits per heavy atom. The Labute approximate surface area is 161 Å². The van der Waals surface area contributed by atoms with Gasteiger partial charge in [0.25, 0.3) is 11.9 Å². The second-order valence-electron chi connectivity index (χ2n) is 6.29. The number of nitrogens with two attached hydrogens (primary N) is 1. The predicted octanol–water partition coefficient (Wildman–Crippen LogP) is 0.885. The van der Waals surface area contributed by atoms with Crippen molar-refractivity contribution in [2.75, 3.05) is 13.1 Å². The minimum atomic E-state index is -0.801. The van der Waals surface area contributed by atoms with Gasteiger partial charge in [0.2, 0.25) is 5.91 Å². The van der Waals surface area contributed by atoms with Crippen LogP contribution in [0.5, 0.6) is 0 Å². The van der Waals surface area contributed by atoms with E-state index >= 15 is 0 Å². The minimum Gasteiger partial charge on any atom is -0.365 e. The van der Waals surface area contributed by atoms with E-state index in [1.54, 1.807) is 22.3 Å². The van der Waals surface area contributed by atoms with Gasteiger partial charge >= 0.3 is 0 Å². The van der Waals surface area contributed by atoms with E-state index in [1.165, 1.54) is 11.3 Å². The molecule has 0 saturated carbocycles. The fourth-order valence-electron chi connectivity index (χ4n) is 2.14. The first kappa shape index (κ1) is 22.4. The number of thiophene rings is 1. The maximum atomic E-state index is 12.4. The van der Waals surface area contributed by atoms with Crippen molar-refractivity contribution in [2.45, 2.75) is 39.2 Å². The highest BCUT2D eigenvalue weighted by Crippen LogP contribution is 2.07. The van der Waals surface area contributed by atoms with Crippen molar-refractivity contribution in [3.8, 4) is 0 Å². The van der Waals surface area contributed by atoms with Crippen LogP contribution in [0.15, 0.2) is 21.8 Å². The quantitative estimate of drug-likeness (QED) is 0.143. The summed E-state index contributed by atoms with van der Waals surface area (Å²) >= 11 is 1.39. The maximum absolute atomic E-state index is 12.4. The molecule has 0 spiro atoms. The first-order valence-electron chi connectivity index (χ1n) is 8.61. The van der Waals surface area contributed by atoms with Crippen molar-refractivity contribution in [3.63, 3.8) is 0 Å². The number of hydrazine groups is 1. The number of hydrogen-bond acceptors (Lipinski definition) is 6. The molecular formula is C16H26N6O4S. The fourth-order valence-corrected chi connectivity index (χ4v) is 2.77. The summed E-state index contributed by atoms with van der Waals surface area (Å²) in [6, 6.07) is 0.964. The van der Waals surface area contributed by atoms with E-state index in [-0.39, 0.29) is 24.3 Å². The standard InChI is InChI=1S/C16H26N6O4S/c1-11(2)5-8-18-15(24)13(20-14(23)12-6-9-27-10-12)4-3-7-19-16(17)21-22(25)26/h6,9-11,13H,3-5,7-8H2,1-2H3,(H,18,24)(H,20,23)(H3,17,19,21)/t13-/m0/s1. The summed E-state index contributed by atoms with van der Waals surface area (Å²) in [6.45, 7) is 4.84. The number of nitrogens with zero attached hydrogens (tertiary/aromatic N) is 2. The normalized spacial score (nSPS) is 12.5. The number of rotatable bonds is 11. The summed E-state index contributed by atoms with van der Waals surface area (Å²) in [5, 5.41) is 18.5. The van der Waals surface area contributed by atoms with Gasteiger partial charge in [-0.25, -0.2) is 15.1 Å². The zero-order valence-electron chi connectivity index (χ0n) is 15.4. The van der Waals surface area contributed by atoms with Crippen LogP contribution in [0.3, 0.4) is 0 Å². The molecular weight excluding hydrogens is 372 g/mol. The van der Waals surface area contributed by atoms with Gasteiger partial charge in [0.1, 0.15) is 6.04 Å². The number of aliphatic imine (C=N–C) groups is 1. The molecule has 0 bridgehead atoms. The number of amides is 2. The molecule has 1 aromatic heterocycles. The summed E-state index contributed by atoms with van der Waals surface area (Å²) in [7, 11) is 0. The monoisotopic (exact) mass is 398 g/mol. The predicted molar refractivity (Wildman–Crippen MR) is 104 cm³/mol. The van der Waals surface area contributed by atoms with Gasteiger partial charge in [-0.15, -0.1) is 0 Å². The molecule has 10 nitrogen and oxygen atoms in total. The highest BCUT2D eigenvalue weighted by molar-refractivity contribution is 7.08. The molecule has 11 heteroatoms. The van der Waals surface area contributed by atoms with Gasteiger partial charge in [-0.3, -0.25) is 9.59 Å². The third kappa shape index (κ3) is 9.54. The molecule has 1 aromatic rings. The molecule has 5 N–H and O–H groups in total. The first-order valence-corrected chi connectivity index (χ1v) is 9.55. The Morgan fingerprint density at radius 2 is 2.11 bits per heavy atom. The minimum absolute atomic E-state index is 0.191. The molecule has 0 aliphatic heterocycles. The van der Waals surface area contributed by atoms with Crippen LogP contribution < -0.4 is 21.8 Å². The molecule has 2 amide bonds. The van der Waals surface area contributed by atoms with E-state index in [0.717, 1.165) is 6.42 Å². The molecule has 1 heterocycles. The lowest BCUT2D eigenvalue weighted by atomic mass is 10.1. The number of carbonyl (C=O) groups is 2. The molecule has 0 radical (unpaired) electrons. The number of guanidine groups is 1. The van der Waals surface area contributed by atoms with Gasteiger partial charge in [-0.2, -0.15) is 11.3 Å². The zero-order valence-corrected chi connectivity index (χ0v) is 16.3. The number of hydrogen-bond donors (Lipinski definition) is 4. The molecule has 1 atom stereocenters. The Morgan fingerprint density at radius 1 is 1.37 bits per heavy atom. The van der Waals surface area contributed by atoms with Crippen molar-refractivity contribution >= 4 is 29.1 Å². The fraction of sp³-hybridized carbons (Fsp3) is 0.562. The van der Waals surface area contributed by atoms with Crippen LogP contribution in [0.4, 0.5) is 0 Å². The van der Waals surface area contributed by atoms with E-state index in [9.17, 15) is 19.7 Å². The van der Waals surface area contributed by atoms with Crippen molar-refractivity contribution in [3.05, 3.63) is 32.5 Å². The number of carbonyl (C=O) groups excluding carboxylic acids is 2. The smallest absolute Gasteiger partial charge is 0.252 e. The molecule has 1 rings (SSSR count). The van der Waals surface area contributed by atoms with Gasteiger partial charge in [0.15, 0.2) is 5.03 Å². The van der Waals surface area contributed by atoms with Crippen molar-refractivity contribution in [1.29, 1.82) is 0 Å². The van der Waals surface area contributed by atoms with Gasteiger partial charge in [-0.05, 0) is 36.6 Å². The van der Waals surface area contributed by atoms with E-state index < -0.39 is 11.1 Å². The van der Waals surface area contributed by atoms with Gasteiger partial charge in [-0.1, -0.05) is 19.3 Å². The topological polar surface area (TPSA) is 152 Å². The highest BCUT2D eigenvalue weighted by atomic mass is 32.1. The third-order valence-corrected chi connectivity index (χ3v) is 4.25. The van der Waals surface area contributed by atoms with Crippen LogP contribution in [0.2, 0.25) is 0 Å². The molecule has 27 heavy (non-hydrogen) atoms. The van der Waals surface area contributed by atoms with E-state index in [4.69, 9.17) is 5.73 Å². The molecule has 0 unspecified atom stereocenters. The van der Waals surface area contributed by atoms with E-state index in [0.29, 0.717) is 30.9 Å². The Hall–Kier alpha value is -2.69. The van der Waals surface area contributed by atoms with Crippen LogP contribution in [0, 0.1) is 16.0 Å². The Kier molecular flexibility index (Phi) is 9.80. The van der Waals surface area contributed by atoms with Crippen LogP contribution in [-0.2, 0) is 4.79 Å². The van der Waals surface area contributed by atoms with Gasteiger partial charge < -0.3 is 16.4 Å². The summed E-state index contributed by atoms with van der Waals surface area (Å²) in [5.74, 6) is -0.436. The molecule has 0 aliphatic rings. The average molecular weight is 398 g/mol. The lowest BCUT2D eigenvalue weighted by Crippen LogP contribution is -2.47. The Bertz CT molecular complexity index is 647. The largest absolute Gasteiger partial charge is 0.365 e. The Balaban J connectivity index is 2.59. The summed E-state index contributed by atoms with van der Waals surface area (Å²) in [4.78, 5) is 38.7. The van der Waals surface area contributed by atoms with Crippen LogP contribution in [-0.4, -0.2) is 41.9 Å². The average Bonchev–Trinajstić information content (AvgIpc) is 3.11.